The van der Waals surface area contributed by atoms with Crippen LogP contribution in [0.3, 0.4) is 0 Å². The maximum Gasteiger partial charge on any atom is 0.129 e. The Morgan fingerprint density at radius 3 is 2.55 bits per heavy atom. The van der Waals surface area contributed by atoms with Crippen LogP contribution in [0.25, 0.3) is 0 Å². The molecule has 1 aromatic rings. The summed E-state index contributed by atoms with van der Waals surface area (Å²) in [6.07, 6.45) is 0. The first-order chi connectivity index (χ1) is 5.15. The molecule has 1 aromatic carbocycles. The number of halogens is 3. The van der Waals surface area contributed by atoms with Gasteiger partial charge in [-0.05, 0) is 24.1 Å². The van der Waals surface area contributed by atoms with Gasteiger partial charge in [-0.25, -0.2) is 8.78 Å². The molecule has 0 heterocycles. The molecule has 0 aromatic heterocycles. The average molecular weight is 177 g/mol. The van der Waals surface area contributed by atoms with Gasteiger partial charge in [-0.2, -0.15) is 0 Å². The van der Waals surface area contributed by atoms with E-state index in [4.69, 9.17) is 11.6 Å². The van der Waals surface area contributed by atoms with Gasteiger partial charge < -0.3 is 0 Å². The van der Waals surface area contributed by atoms with E-state index in [1.807, 2.05) is 0 Å². The lowest BCUT2D eigenvalue weighted by atomic mass is 10.1. The highest BCUT2D eigenvalue weighted by Crippen LogP contribution is 2.16. The van der Waals surface area contributed by atoms with Crippen LogP contribution in [0.1, 0.15) is 11.1 Å². The number of hydrogen-bond donors (Lipinski definition) is 0. The largest absolute Gasteiger partial charge is 0.207 e. The van der Waals surface area contributed by atoms with E-state index in [1.165, 1.54) is 6.07 Å². The van der Waals surface area contributed by atoms with Gasteiger partial charge in [0.05, 0.1) is 0 Å². The minimum atomic E-state index is -0.580. The average Bonchev–Trinajstić information content (AvgIpc) is 1.96. The van der Waals surface area contributed by atoms with E-state index in [-0.39, 0.29) is 5.88 Å². The van der Waals surface area contributed by atoms with Crippen molar-refractivity contribution >= 4 is 11.6 Å². The van der Waals surface area contributed by atoms with Gasteiger partial charge in [0.1, 0.15) is 11.6 Å². The third-order valence-electron chi connectivity index (χ3n) is 1.56. The quantitative estimate of drug-likeness (QED) is 0.577. The molecule has 0 spiro atoms. The zero-order valence-electron chi connectivity index (χ0n) is 6.00. The maximum atomic E-state index is 12.7. The Kier molecular flexibility index (Phi) is 2.45. The topological polar surface area (TPSA) is 0 Å². The van der Waals surface area contributed by atoms with Crippen LogP contribution in [0.2, 0.25) is 0 Å². The van der Waals surface area contributed by atoms with Crippen molar-refractivity contribution in [1.29, 1.82) is 0 Å². The van der Waals surface area contributed by atoms with Crippen molar-refractivity contribution in [3.63, 3.8) is 0 Å². The standard InChI is InChI=1S/C8H7ClF2/c1-5-6(4-9)2-7(10)3-8(5)11/h2-3H,4H2,1H3. The lowest BCUT2D eigenvalue weighted by molar-refractivity contribution is 0.575. The van der Waals surface area contributed by atoms with Gasteiger partial charge in [0, 0.05) is 11.9 Å². The minimum absolute atomic E-state index is 0.139. The Balaban J connectivity index is 3.24. The Hall–Kier alpha value is -0.630. The smallest absolute Gasteiger partial charge is 0.129 e. The molecule has 0 bridgehead atoms. The van der Waals surface area contributed by atoms with Crippen LogP contribution in [0.5, 0.6) is 0 Å². The molecule has 0 fully saturated rings. The highest BCUT2D eigenvalue weighted by molar-refractivity contribution is 6.17. The van der Waals surface area contributed by atoms with Crippen molar-refractivity contribution in [2.45, 2.75) is 12.8 Å². The monoisotopic (exact) mass is 176 g/mol. The molecular formula is C8H7ClF2. The van der Waals surface area contributed by atoms with E-state index in [2.05, 4.69) is 0 Å². The van der Waals surface area contributed by atoms with Crippen molar-refractivity contribution in [3.05, 3.63) is 34.9 Å². The van der Waals surface area contributed by atoms with Crippen molar-refractivity contribution < 1.29 is 8.78 Å². The van der Waals surface area contributed by atoms with Gasteiger partial charge in [0.25, 0.3) is 0 Å². The molecule has 0 nitrogen and oxygen atoms in total. The summed E-state index contributed by atoms with van der Waals surface area (Å²) in [5.41, 5.74) is 0.922. The van der Waals surface area contributed by atoms with E-state index < -0.39 is 11.6 Å². The summed E-state index contributed by atoms with van der Waals surface area (Å²) in [7, 11) is 0. The molecule has 0 aliphatic carbocycles. The van der Waals surface area contributed by atoms with Gasteiger partial charge in [-0.3, -0.25) is 0 Å². The SMILES string of the molecule is Cc1c(F)cc(F)cc1CCl. The lowest BCUT2D eigenvalue weighted by Crippen LogP contribution is -1.91. The molecule has 0 aliphatic rings. The molecule has 1 rings (SSSR count). The summed E-state index contributed by atoms with van der Waals surface area (Å²) in [5.74, 6) is -0.982. The predicted molar refractivity (Wildman–Crippen MR) is 40.7 cm³/mol. The predicted octanol–water partition coefficient (Wildman–Crippen LogP) is 3.01. The number of rotatable bonds is 1. The zero-order valence-corrected chi connectivity index (χ0v) is 6.75. The van der Waals surface area contributed by atoms with Gasteiger partial charge in [-0.1, -0.05) is 0 Å². The molecule has 0 saturated carbocycles. The summed E-state index contributed by atoms with van der Waals surface area (Å²) in [6.45, 7) is 1.58. The number of hydrogen-bond acceptors (Lipinski definition) is 0. The highest BCUT2D eigenvalue weighted by Gasteiger charge is 2.05. The van der Waals surface area contributed by atoms with Crippen LogP contribution in [0.4, 0.5) is 8.78 Å². The van der Waals surface area contributed by atoms with E-state index in [0.29, 0.717) is 11.1 Å². The fourth-order valence-corrected chi connectivity index (χ4v) is 1.12. The summed E-state index contributed by atoms with van der Waals surface area (Å²) in [6, 6.07) is 2.09. The maximum absolute atomic E-state index is 12.7. The summed E-state index contributed by atoms with van der Waals surface area (Å²) in [5, 5.41) is 0. The molecule has 0 atom stereocenters. The third-order valence-corrected chi connectivity index (χ3v) is 1.85. The second kappa shape index (κ2) is 3.18. The van der Waals surface area contributed by atoms with Crippen LogP contribution < -0.4 is 0 Å². The van der Waals surface area contributed by atoms with Crippen LogP contribution in [-0.4, -0.2) is 0 Å². The van der Waals surface area contributed by atoms with E-state index in [0.717, 1.165) is 6.07 Å². The number of benzene rings is 1. The van der Waals surface area contributed by atoms with Crippen LogP contribution in [0, 0.1) is 18.6 Å². The molecule has 0 unspecified atom stereocenters. The minimum Gasteiger partial charge on any atom is -0.207 e. The molecule has 60 valence electrons. The van der Waals surface area contributed by atoms with Crippen molar-refractivity contribution in [2.24, 2.45) is 0 Å². The Bertz CT molecular complexity index is 271. The molecule has 0 amide bonds. The van der Waals surface area contributed by atoms with Crippen molar-refractivity contribution in [2.75, 3.05) is 0 Å². The first-order valence-corrected chi connectivity index (χ1v) is 3.69. The van der Waals surface area contributed by atoms with Crippen LogP contribution in [-0.2, 0) is 5.88 Å². The van der Waals surface area contributed by atoms with Gasteiger partial charge in [0.2, 0.25) is 0 Å². The highest BCUT2D eigenvalue weighted by atomic mass is 35.5. The second-order valence-corrected chi connectivity index (χ2v) is 2.57. The van der Waals surface area contributed by atoms with Crippen LogP contribution in [0.15, 0.2) is 12.1 Å². The molecule has 0 radical (unpaired) electrons. The summed E-state index contributed by atoms with van der Waals surface area (Å²) < 4.78 is 25.2. The first kappa shape index (κ1) is 8.47. The molecule has 0 saturated heterocycles. The van der Waals surface area contributed by atoms with Crippen molar-refractivity contribution in [1.82, 2.24) is 0 Å². The molecule has 3 heteroatoms. The third kappa shape index (κ3) is 1.69. The molecular weight excluding hydrogens is 170 g/mol. The Morgan fingerprint density at radius 1 is 1.36 bits per heavy atom. The molecule has 11 heavy (non-hydrogen) atoms. The normalized spacial score (nSPS) is 10.2. The molecule has 0 N–H and O–H groups in total. The van der Waals surface area contributed by atoms with Crippen LogP contribution >= 0.6 is 11.6 Å². The summed E-state index contributed by atoms with van der Waals surface area (Å²) >= 11 is 5.44. The van der Waals surface area contributed by atoms with Gasteiger partial charge >= 0.3 is 0 Å². The Morgan fingerprint density at radius 2 is 2.00 bits per heavy atom. The fourth-order valence-electron chi connectivity index (χ4n) is 0.838. The van der Waals surface area contributed by atoms with E-state index in [1.54, 1.807) is 6.92 Å². The van der Waals surface area contributed by atoms with Crippen molar-refractivity contribution in [3.8, 4) is 0 Å². The van der Waals surface area contributed by atoms with Gasteiger partial charge in [-0.15, -0.1) is 11.6 Å². The Labute approximate surface area is 68.8 Å². The lowest BCUT2D eigenvalue weighted by Gasteiger charge is -2.02. The summed E-state index contributed by atoms with van der Waals surface area (Å²) in [4.78, 5) is 0. The first-order valence-electron chi connectivity index (χ1n) is 3.15. The van der Waals surface area contributed by atoms with E-state index in [9.17, 15) is 8.78 Å². The zero-order chi connectivity index (χ0) is 8.43. The second-order valence-electron chi connectivity index (χ2n) is 2.31. The fraction of sp³-hybridized carbons (Fsp3) is 0.250. The number of alkyl halides is 1. The van der Waals surface area contributed by atoms with E-state index >= 15 is 0 Å². The van der Waals surface area contributed by atoms with Gasteiger partial charge in [0.15, 0.2) is 0 Å². The molecule has 0 aliphatic heterocycles.